The fraction of sp³-hybridized carbons (Fsp3) is 0.214. The van der Waals surface area contributed by atoms with E-state index < -0.39 is 3.79 Å². The van der Waals surface area contributed by atoms with Crippen LogP contribution in [0.5, 0.6) is 0 Å². The van der Waals surface area contributed by atoms with Crippen molar-refractivity contribution in [2.45, 2.75) is 10.2 Å². The summed E-state index contributed by atoms with van der Waals surface area (Å²) in [6.45, 7) is 0.519. The third-order valence-electron chi connectivity index (χ3n) is 2.79. The zero-order chi connectivity index (χ0) is 14.6. The number of fused-ring (bicyclic) bond motifs is 1. The summed E-state index contributed by atoms with van der Waals surface area (Å²) in [7, 11) is 0. The summed E-state index contributed by atoms with van der Waals surface area (Å²) >= 11 is 16.6. The molecule has 0 unspecified atom stereocenters. The van der Waals surface area contributed by atoms with E-state index in [1.807, 2.05) is 30.5 Å². The third kappa shape index (κ3) is 4.44. The van der Waals surface area contributed by atoms with Crippen molar-refractivity contribution in [2.24, 2.45) is 0 Å². The van der Waals surface area contributed by atoms with Gasteiger partial charge in [0.2, 0.25) is 9.70 Å². The van der Waals surface area contributed by atoms with E-state index in [-0.39, 0.29) is 5.91 Å². The van der Waals surface area contributed by atoms with E-state index in [1.165, 1.54) is 17.5 Å². The number of alkyl halides is 3. The first-order valence-electron chi connectivity index (χ1n) is 6.04. The van der Waals surface area contributed by atoms with Gasteiger partial charge in [-0.3, -0.25) is 4.79 Å². The molecule has 0 aliphatic rings. The van der Waals surface area contributed by atoms with Crippen LogP contribution in [-0.4, -0.2) is 21.2 Å². The second-order valence-corrected chi connectivity index (χ2v) is 6.64. The molecule has 1 aromatic carbocycles. The number of aromatic amines is 1. The van der Waals surface area contributed by atoms with E-state index in [2.05, 4.69) is 10.3 Å². The van der Waals surface area contributed by atoms with Gasteiger partial charge in [0, 0.05) is 29.7 Å². The number of para-hydroxylation sites is 1. The van der Waals surface area contributed by atoms with E-state index in [9.17, 15) is 4.79 Å². The third-order valence-corrected chi connectivity index (χ3v) is 3.17. The Morgan fingerprint density at radius 3 is 2.80 bits per heavy atom. The second-order valence-electron chi connectivity index (χ2n) is 4.28. The lowest BCUT2D eigenvalue weighted by Crippen LogP contribution is -2.23. The van der Waals surface area contributed by atoms with Crippen molar-refractivity contribution in [3.8, 4) is 0 Å². The molecule has 0 aliphatic heterocycles. The van der Waals surface area contributed by atoms with Crippen LogP contribution >= 0.6 is 34.8 Å². The molecule has 3 nitrogen and oxygen atoms in total. The quantitative estimate of drug-likeness (QED) is 0.650. The van der Waals surface area contributed by atoms with Gasteiger partial charge >= 0.3 is 0 Å². The first-order valence-corrected chi connectivity index (χ1v) is 7.18. The smallest absolute Gasteiger partial charge is 0.243 e. The number of benzene rings is 1. The first kappa shape index (κ1) is 15.2. The molecule has 1 heterocycles. The number of hydrogen-bond acceptors (Lipinski definition) is 1. The number of carbonyl (C=O) groups excluding carboxylic acids is 1. The highest BCUT2D eigenvalue weighted by Gasteiger charge is 2.14. The molecule has 2 aromatic rings. The SMILES string of the molecule is O=C(/C=C/C(Cl)(Cl)Cl)NCCc1c[nH]c2ccccc12. The molecule has 0 saturated carbocycles. The van der Waals surface area contributed by atoms with Crippen LogP contribution < -0.4 is 5.32 Å². The summed E-state index contributed by atoms with van der Waals surface area (Å²) in [5, 5.41) is 3.91. The van der Waals surface area contributed by atoms with Crippen molar-refractivity contribution < 1.29 is 4.79 Å². The Bertz CT molecular complexity index is 629. The van der Waals surface area contributed by atoms with E-state index in [0.717, 1.165) is 17.5 Å². The molecule has 0 bridgehead atoms. The minimum atomic E-state index is -1.55. The van der Waals surface area contributed by atoms with Crippen molar-refractivity contribution in [3.05, 3.63) is 48.2 Å². The Hall–Kier alpha value is -1.16. The van der Waals surface area contributed by atoms with Gasteiger partial charge in [-0.2, -0.15) is 0 Å². The van der Waals surface area contributed by atoms with Gasteiger partial charge in [-0.1, -0.05) is 53.0 Å². The molecule has 2 N–H and O–H groups in total. The predicted molar refractivity (Wildman–Crippen MR) is 84.4 cm³/mol. The number of allylic oxidation sites excluding steroid dienone is 1. The fourth-order valence-electron chi connectivity index (χ4n) is 1.89. The Morgan fingerprint density at radius 1 is 1.30 bits per heavy atom. The van der Waals surface area contributed by atoms with Gasteiger partial charge < -0.3 is 10.3 Å². The molecule has 0 spiro atoms. The average molecular weight is 332 g/mol. The average Bonchev–Trinajstić information content (AvgIpc) is 2.79. The van der Waals surface area contributed by atoms with E-state index in [0.29, 0.717) is 6.54 Å². The fourth-order valence-corrected chi connectivity index (χ4v) is 2.08. The standard InChI is InChI=1S/C14H13Cl3N2O/c15-14(16,17)7-5-13(20)18-8-6-10-9-19-12-4-2-1-3-11(10)12/h1-5,7,9,19H,6,8H2,(H,18,20)/b7-5+. The van der Waals surface area contributed by atoms with Crippen LogP contribution in [0.1, 0.15) is 5.56 Å². The van der Waals surface area contributed by atoms with Crippen LogP contribution in [0.2, 0.25) is 0 Å². The molecule has 2 rings (SSSR count). The number of nitrogens with one attached hydrogen (secondary N) is 2. The van der Waals surface area contributed by atoms with Gasteiger partial charge in [-0.25, -0.2) is 0 Å². The number of carbonyl (C=O) groups is 1. The summed E-state index contributed by atoms with van der Waals surface area (Å²) in [5.41, 5.74) is 2.25. The lowest BCUT2D eigenvalue weighted by atomic mass is 10.1. The van der Waals surface area contributed by atoms with E-state index in [1.54, 1.807) is 0 Å². The maximum absolute atomic E-state index is 11.5. The molecular formula is C14H13Cl3N2O. The molecule has 0 saturated heterocycles. The number of halogens is 3. The molecule has 6 heteroatoms. The predicted octanol–water partition coefficient (Wildman–Crippen LogP) is 3.75. The number of H-pyrrole nitrogens is 1. The number of rotatable bonds is 4. The van der Waals surface area contributed by atoms with Crippen molar-refractivity contribution >= 4 is 51.6 Å². The van der Waals surface area contributed by atoms with E-state index in [4.69, 9.17) is 34.8 Å². The van der Waals surface area contributed by atoms with Gasteiger partial charge in [-0.15, -0.1) is 0 Å². The Kier molecular flexibility index (Phi) is 4.97. The molecule has 20 heavy (non-hydrogen) atoms. The molecule has 0 aliphatic carbocycles. The van der Waals surface area contributed by atoms with Gasteiger partial charge in [0.05, 0.1) is 0 Å². The molecule has 106 valence electrons. The van der Waals surface area contributed by atoms with Crippen LogP contribution in [0.3, 0.4) is 0 Å². The molecule has 1 amide bonds. The molecule has 0 fully saturated rings. The Balaban J connectivity index is 1.87. The highest BCUT2D eigenvalue weighted by Crippen LogP contribution is 2.27. The maximum atomic E-state index is 11.5. The summed E-state index contributed by atoms with van der Waals surface area (Å²) in [6, 6.07) is 8.03. The molecule has 0 radical (unpaired) electrons. The largest absolute Gasteiger partial charge is 0.361 e. The Labute approximate surface area is 131 Å². The summed E-state index contributed by atoms with van der Waals surface area (Å²) in [6.07, 6.45) is 5.13. The van der Waals surface area contributed by atoms with Gasteiger partial charge in [0.15, 0.2) is 0 Å². The topological polar surface area (TPSA) is 44.9 Å². The minimum absolute atomic E-state index is 0.281. The number of amides is 1. The summed E-state index contributed by atoms with van der Waals surface area (Å²) in [5.74, 6) is -0.281. The molecular weight excluding hydrogens is 319 g/mol. The van der Waals surface area contributed by atoms with E-state index >= 15 is 0 Å². The van der Waals surface area contributed by atoms with Crippen molar-refractivity contribution in [1.29, 1.82) is 0 Å². The highest BCUT2D eigenvalue weighted by molar-refractivity contribution is 6.69. The highest BCUT2D eigenvalue weighted by atomic mass is 35.6. The lowest BCUT2D eigenvalue weighted by Gasteiger charge is -2.04. The normalized spacial score (nSPS) is 12.2. The summed E-state index contributed by atoms with van der Waals surface area (Å²) in [4.78, 5) is 14.7. The zero-order valence-electron chi connectivity index (χ0n) is 10.5. The number of hydrogen-bond donors (Lipinski definition) is 2. The second kappa shape index (κ2) is 6.53. The molecule has 1 aromatic heterocycles. The summed E-state index contributed by atoms with van der Waals surface area (Å²) < 4.78 is -1.55. The monoisotopic (exact) mass is 330 g/mol. The van der Waals surface area contributed by atoms with Gasteiger partial charge in [-0.05, 0) is 24.1 Å². The van der Waals surface area contributed by atoms with Gasteiger partial charge in [0.1, 0.15) is 0 Å². The molecule has 0 atom stereocenters. The lowest BCUT2D eigenvalue weighted by molar-refractivity contribution is -0.116. The van der Waals surface area contributed by atoms with Crippen LogP contribution in [0.15, 0.2) is 42.6 Å². The van der Waals surface area contributed by atoms with Gasteiger partial charge in [0.25, 0.3) is 0 Å². The Morgan fingerprint density at radius 2 is 2.05 bits per heavy atom. The minimum Gasteiger partial charge on any atom is -0.361 e. The van der Waals surface area contributed by atoms with Crippen LogP contribution in [0.25, 0.3) is 10.9 Å². The van der Waals surface area contributed by atoms with Crippen LogP contribution in [0, 0.1) is 0 Å². The van der Waals surface area contributed by atoms with Crippen molar-refractivity contribution in [2.75, 3.05) is 6.54 Å². The van der Waals surface area contributed by atoms with Crippen molar-refractivity contribution in [1.82, 2.24) is 10.3 Å². The maximum Gasteiger partial charge on any atom is 0.243 e. The van der Waals surface area contributed by atoms with Crippen LogP contribution in [-0.2, 0) is 11.2 Å². The van der Waals surface area contributed by atoms with Crippen molar-refractivity contribution in [3.63, 3.8) is 0 Å². The van der Waals surface area contributed by atoms with Crippen LogP contribution in [0.4, 0.5) is 0 Å². The number of aromatic nitrogens is 1. The zero-order valence-corrected chi connectivity index (χ0v) is 12.8. The first-order chi connectivity index (χ1) is 9.46.